The van der Waals surface area contributed by atoms with Gasteiger partial charge in [-0.1, -0.05) is 0 Å². The van der Waals surface area contributed by atoms with Gasteiger partial charge in [-0.25, -0.2) is 4.98 Å². The lowest BCUT2D eigenvalue weighted by Crippen LogP contribution is -2.27. The van der Waals surface area contributed by atoms with Crippen LogP contribution in [0, 0.1) is 11.3 Å². The molecule has 1 aliphatic heterocycles. The van der Waals surface area contributed by atoms with Gasteiger partial charge in [-0.05, 0) is 28.4 Å². The Labute approximate surface area is 96.8 Å². The van der Waals surface area contributed by atoms with Gasteiger partial charge in [0.05, 0.1) is 5.56 Å². The predicted molar refractivity (Wildman–Crippen MR) is 61.5 cm³/mol. The van der Waals surface area contributed by atoms with E-state index in [1.54, 1.807) is 12.3 Å². The standard InChI is InChI=1S/C10H11BrN4/c11-8-3-7(4-12)10(14-5-8)15-2-1-9(13)6-15/h3,5,9H,1-2,6,13H2. The van der Waals surface area contributed by atoms with E-state index in [2.05, 4.69) is 31.9 Å². The molecule has 1 saturated heterocycles. The van der Waals surface area contributed by atoms with E-state index in [0.29, 0.717) is 5.56 Å². The normalized spacial score (nSPS) is 20.3. The summed E-state index contributed by atoms with van der Waals surface area (Å²) in [6.07, 6.45) is 2.67. The molecule has 15 heavy (non-hydrogen) atoms. The van der Waals surface area contributed by atoms with Crippen molar-refractivity contribution in [1.82, 2.24) is 4.98 Å². The summed E-state index contributed by atoms with van der Waals surface area (Å²) in [4.78, 5) is 6.33. The van der Waals surface area contributed by atoms with Crippen LogP contribution in [0.15, 0.2) is 16.7 Å². The van der Waals surface area contributed by atoms with E-state index in [1.807, 2.05) is 0 Å². The number of pyridine rings is 1. The van der Waals surface area contributed by atoms with Crippen LogP contribution in [0.2, 0.25) is 0 Å². The Kier molecular flexibility index (Phi) is 2.89. The minimum absolute atomic E-state index is 0.196. The SMILES string of the molecule is N#Cc1cc(Br)cnc1N1CCC(N)C1. The maximum absolute atomic E-state index is 9.00. The van der Waals surface area contributed by atoms with Crippen molar-refractivity contribution in [1.29, 1.82) is 5.26 Å². The zero-order valence-corrected chi connectivity index (χ0v) is 9.74. The highest BCUT2D eigenvalue weighted by Gasteiger charge is 2.22. The van der Waals surface area contributed by atoms with Crippen molar-refractivity contribution in [2.24, 2.45) is 5.73 Å². The van der Waals surface area contributed by atoms with Gasteiger partial charge in [0.15, 0.2) is 0 Å². The summed E-state index contributed by atoms with van der Waals surface area (Å²) in [5.74, 6) is 0.744. The quantitative estimate of drug-likeness (QED) is 0.831. The Morgan fingerprint density at radius 2 is 2.47 bits per heavy atom. The molecule has 0 spiro atoms. The average Bonchev–Trinajstić information content (AvgIpc) is 2.64. The second-order valence-electron chi connectivity index (χ2n) is 3.63. The molecule has 1 fully saturated rings. The molecule has 1 aliphatic rings. The first-order valence-electron chi connectivity index (χ1n) is 4.77. The van der Waals surface area contributed by atoms with Gasteiger partial charge in [0.1, 0.15) is 11.9 Å². The minimum Gasteiger partial charge on any atom is -0.354 e. The van der Waals surface area contributed by atoms with Gasteiger partial charge in [0.2, 0.25) is 0 Å². The Hall–Kier alpha value is -1.12. The second-order valence-corrected chi connectivity index (χ2v) is 4.55. The lowest BCUT2D eigenvalue weighted by molar-refractivity contribution is 0.751. The van der Waals surface area contributed by atoms with Crippen LogP contribution in [-0.4, -0.2) is 24.1 Å². The van der Waals surface area contributed by atoms with Gasteiger partial charge in [0.25, 0.3) is 0 Å². The summed E-state index contributed by atoms with van der Waals surface area (Å²) in [5.41, 5.74) is 6.42. The molecule has 0 saturated carbocycles. The van der Waals surface area contributed by atoms with Crippen molar-refractivity contribution in [2.45, 2.75) is 12.5 Å². The molecule has 5 heteroatoms. The van der Waals surface area contributed by atoms with E-state index < -0.39 is 0 Å². The number of nitrogens with two attached hydrogens (primary N) is 1. The molecule has 1 atom stereocenters. The van der Waals surface area contributed by atoms with Crippen LogP contribution in [-0.2, 0) is 0 Å². The molecule has 78 valence electrons. The maximum Gasteiger partial charge on any atom is 0.146 e. The van der Waals surface area contributed by atoms with Gasteiger partial charge < -0.3 is 10.6 Å². The third-order valence-corrected chi connectivity index (χ3v) is 2.91. The van der Waals surface area contributed by atoms with E-state index >= 15 is 0 Å². The number of aromatic nitrogens is 1. The van der Waals surface area contributed by atoms with E-state index in [9.17, 15) is 0 Å². The van der Waals surface area contributed by atoms with Crippen LogP contribution in [0.4, 0.5) is 5.82 Å². The molecule has 0 aliphatic carbocycles. The van der Waals surface area contributed by atoms with Crippen LogP contribution >= 0.6 is 15.9 Å². The fourth-order valence-electron chi connectivity index (χ4n) is 1.75. The molecular weight excluding hydrogens is 256 g/mol. The summed E-state index contributed by atoms with van der Waals surface area (Å²) in [7, 11) is 0. The zero-order valence-electron chi connectivity index (χ0n) is 8.15. The summed E-state index contributed by atoms with van der Waals surface area (Å²) >= 11 is 3.30. The van der Waals surface area contributed by atoms with Crippen molar-refractivity contribution in [3.05, 3.63) is 22.3 Å². The molecule has 0 bridgehead atoms. The molecule has 1 aromatic heterocycles. The summed E-state index contributed by atoms with van der Waals surface area (Å²) in [6.45, 7) is 1.66. The highest BCUT2D eigenvalue weighted by Crippen LogP contribution is 2.23. The van der Waals surface area contributed by atoms with E-state index in [-0.39, 0.29) is 6.04 Å². The van der Waals surface area contributed by atoms with E-state index in [1.165, 1.54) is 0 Å². The molecule has 0 amide bonds. The number of hydrogen-bond donors (Lipinski definition) is 1. The van der Waals surface area contributed by atoms with Gasteiger partial charge in [0, 0.05) is 29.8 Å². The van der Waals surface area contributed by atoms with Crippen molar-refractivity contribution in [2.75, 3.05) is 18.0 Å². The molecule has 2 rings (SSSR count). The third-order valence-electron chi connectivity index (χ3n) is 2.48. The summed E-state index contributed by atoms with van der Waals surface area (Å²) < 4.78 is 0.825. The Morgan fingerprint density at radius 3 is 3.07 bits per heavy atom. The zero-order chi connectivity index (χ0) is 10.8. The number of anilines is 1. The van der Waals surface area contributed by atoms with E-state index in [4.69, 9.17) is 11.0 Å². The fraction of sp³-hybridized carbons (Fsp3) is 0.400. The Balaban J connectivity index is 2.32. The van der Waals surface area contributed by atoms with Gasteiger partial charge in [-0.2, -0.15) is 5.26 Å². The number of hydrogen-bond acceptors (Lipinski definition) is 4. The first kappa shape index (κ1) is 10.4. The molecule has 1 unspecified atom stereocenters. The fourth-order valence-corrected chi connectivity index (χ4v) is 2.08. The first-order valence-corrected chi connectivity index (χ1v) is 5.56. The molecule has 2 N–H and O–H groups in total. The van der Waals surface area contributed by atoms with Gasteiger partial charge in [-0.15, -0.1) is 0 Å². The smallest absolute Gasteiger partial charge is 0.146 e. The van der Waals surface area contributed by atoms with Gasteiger partial charge >= 0.3 is 0 Å². The number of nitrogens with zero attached hydrogens (tertiary/aromatic N) is 3. The van der Waals surface area contributed by atoms with Crippen molar-refractivity contribution >= 4 is 21.7 Å². The van der Waals surface area contributed by atoms with E-state index in [0.717, 1.165) is 29.8 Å². The van der Waals surface area contributed by atoms with Crippen molar-refractivity contribution < 1.29 is 0 Å². The van der Waals surface area contributed by atoms with Crippen LogP contribution < -0.4 is 10.6 Å². The third kappa shape index (κ3) is 2.11. The lowest BCUT2D eigenvalue weighted by atomic mass is 10.2. The molecule has 4 nitrogen and oxygen atoms in total. The summed E-state index contributed by atoms with van der Waals surface area (Å²) in [5, 5.41) is 9.00. The van der Waals surface area contributed by atoms with Gasteiger partial charge in [-0.3, -0.25) is 0 Å². The Bertz CT molecular complexity index is 412. The second kappa shape index (κ2) is 4.17. The first-order chi connectivity index (χ1) is 7.20. The predicted octanol–water partition coefficient (Wildman–Crippen LogP) is 1.25. The lowest BCUT2D eigenvalue weighted by Gasteiger charge is -2.17. The van der Waals surface area contributed by atoms with Crippen LogP contribution in [0.3, 0.4) is 0 Å². The number of halogens is 1. The number of nitriles is 1. The minimum atomic E-state index is 0.196. The van der Waals surface area contributed by atoms with Crippen LogP contribution in [0.25, 0.3) is 0 Å². The molecule has 0 aromatic carbocycles. The van der Waals surface area contributed by atoms with Crippen molar-refractivity contribution in [3.63, 3.8) is 0 Å². The molecule has 1 aromatic rings. The topological polar surface area (TPSA) is 65.9 Å². The summed E-state index contributed by atoms with van der Waals surface area (Å²) in [6, 6.07) is 4.13. The molecule has 2 heterocycles. The van der Waals surface area contributed by atoms with Crippen molar-refractivity contribution in [3.8, 4) is 6.07 Å². The molecular formula is C10H11BrN4. The van der Waals surface area contributed by atoms with Crippen LogP contribution in [0.1, 0.15) is 12.0 Å². The molecule has 0 radical (unpaired) electrons. The highest BCUT2D eigenvalue weighted by molar-refractivity contribution is 9.10. The monoisotopic (exact) mass is 266 g/mol. The van der Waals surface area contributed by atoms with Crippen LogP contribution in [0.5, 0.6) is 0 Å². The Morgan fingerprint density at radius 1 is 1.67 bits per heavy atom. The average molecular weight is 267 g/mol. The largest absolute Gasteiger partial charge is 0.354 e. The maximum atomic E-state index is 9.00. The highest BCUT2D eigenvalue weighted by atomic mass is 79.9. The number of rotatable bonds is 1.